The number of aryl methyl sites for hydroxylation is 2. The Labute approximate surface area is 114 Å². The van der Waals surface area contributed by atoms with Crippen LogP contribution in [0.25, 0.3) is 0 Å². The molecule has 5 nitrogen and oxygen atoms in total. The van der Waals surface area contributed by atoms with E-state index in [1.165, 1.54) is 24.3 Å². The van der Waals surface area contributed by atoms with Gasteiger partial charge in [-0.2, -0.15) is 0 Å². The van der Waals surface area contributed by atoms with Gasteiger partial charge in [0.25, 0.3) is 5.56 Å². The van der Waals surface area contributed by atoms with E-state index in [1.807, 2.05) is 0 Å². The number of anilines is 1. The fourth-order valence-corrected chi connectivity index (χ4v) is 1.86. The molecule has 0 bridgehead atoms. The molecule has 104 valence electrons. The number of aromatic nitrogens is 2. The molecule has 1 aromatic carbocycles. The first-order chi connectivity index (χ1) is 9.45. The lowest BCUT2D eigenvalue weighted by Crippen LogP contribution is -2.24. The highest BCUT2D eigenvalue weighted by Crippen LogP contribution is 2.09. The fourth-order valence-electron chi connectivity index (χ4n) is 1.86. The van der Waals surface area contributed by atoms with E-state index < -0.39 is 0 Å². The molecular formula is C14H14FN3O2. The molecule has 1 aromatic heterocycles. The lowest BCUT2D eigenvalue weighted by atomic mass is 10.1. The average Bonchev–Trinajstić information content (AvgIpc) is 2.36. The average molecular weight is 275 g/mol. The van der Waals surface area contributed by atoms with E-state index in [9.17, 15) is 14.0 Å². The van der Waals surface area contributed by atoms with Crippen LogP contribution in [0.15, 0.2) is 29.1 Å². The zero-order chi connectivity index (χ0) is 14.7. The summed E-state index contributed by atoms with van der Waals surface area (Å²) >= 11 is 0. The largest absolute Gasteiger partial charge is 0.326 e. The van der Waals surface area contributed by atoms with E-state index in [2.05, 4.69) is 15.3 Å². The fraction of sp³-hybridized carbons (Fsp3) is 0.214. The van der Waals surface area contributed by atoms with Gasteiger partial charge in [0.1, 0.15) is 11.6 Å². The van der Waals surface area contributed by atoms with Crippen molar-refractivity contribution >= 4 is 11.6 Å². The summed E-state index contributed by atoms with van der Waals surface area (Å²) in [5, 5.41) is 2.60. The molecule has 0 aliphatic carbocycles. The molecule has 0 unspecified atom stereocenters. The molecule has 6 heteroatoms. The van der Waals surface area contributed by atoms with Gasteiger partial charge in [0, 0.05) is 16.9 Å². The Morgan fingerprint density at radius 1 is 1.30 bits per heavy atom. The van der Waals surface area contributed by atoms with Crippen molar-refractivity contribution in [1.29, 1.82) is 0 Å². The summed E-state index contributed by atoms with van der Waals surface area (Å²) in [5.74, 6) is -0.218. The number of benzene rings is 1. The van der Waals surface area contributed by atoms with Crippen LogP contribution in [0.2, 0.25) is 0 Å². The summed E-state index contributed by atoms with van der Waals surface area (Å²) in [6.07, 6.45) is -0.0776. The van der Waals surface area contributed by atoms with Gasteiger partial charge in [0.2, 0.25) is 5.91 Å². The van der Waals surface area contributed by atoms with Crippen LogP contribution in [0.1, 0.15) is 17.1 Å². The number of carbonyl (C=O) groups is 1. The second-order valence-electron chi connectivity index (χ2n) is 4.45. The third kappa shape index (κ3) is 3.28. The van der Waals surface area contributed by atoms with Crippen LogP contribution in [0.4, 0.5) is 10.1 Å². The quantitative estimate of drug-likeness (QED) is 0.895. The van der Waals surface area contributed by atoms with Crippen LogP contribution in [-0.2, 0) is 11.2 Å². The molecular weight excluding hydrogens is 261 g/mol. The highest BCUT2D eigenvalue weighted by Gasteiger charge is 2.12. The Hall–Kier alpha value is -2.50. The van der Waals surface area contributed by atoms with Gasteiger partial charge in [-0.3, -0.25) is 9.59 Å². The van der Waals surface area contributed by atoms with E-state index in [4.69, 9.17) is 0 Å². The zero-order valence-corrected chi connectivity index (χ0v) is 11.2. The number of hydrogen-bond donors (Lipinski definition) is 2. The van der Waals surface area contributed by atoms with Crippen molar-refractivity contribution in [2.45, 2.75) is 20.3 Å². The maximum Gasteiger partial charge on any atom is 0.254 e. The lowest BCUT2D eigenvalue weighted by Gasteiger charge is -2.07. The minimum absolute atomic E-state index is 0.0776. The monoisotopic (exact) mass is 275 g/mol. The van der Waals surface area contributed by atoms with Gasteiger partial charge in [0.05, 0.1) is 6.42 Å². The zero-order valence-electron chi connectivity index (χ0n) is 11.2. The second-order valence-corrected chi connectivity index (χ2v) is 4.45. The molecule has 20 heavy (non-hydrogen) atoms. The Bertz CT molecular complexity index is 693. The summed E-state index contributed by atoms with van der Waals surface area (Å²) in [6.45, 7) is 3.36. The molecule has 2 aromatic rings. The molecule has 0 saturated carbocycles. The SMILES string of the molecule is Cc1nc(C)c(CC(=O)Nc2ccc(F)cc2)c(=O)[nH]1. The van der Waals surface area contributed by atoms with Crippen molar-refractivity contribution in [2.75, 3.05) is 5.32 Å². The third-order valence-electron chi connectivity index (χ3n) is 2.81. The molecule has 0 atom stereocenters. The van der Waals surface area contributed by atoms with Crippen LogP contribution in [-0.4, -0.2) is 15.9 Å². The topological polar surface area (TPSA) is 74.8 Å². The van der Waals surface area contributed by atoms with E-state index in [0.29, 0.717) is 22.8 Å². The first kappa shape index (κ1) is 13.9. The molecule has 1 amide bonds. The van der Waals surface area contributed by atoms with Crippen LogP contribution in [0.5, 0.6) is 0 Å². The number of H-pyrrole nitrogens is 1. The molecule has 2 N–H and O–H groups in total. The first-order valence-corrected chi connectivity index (χ1v) is 6.07. The highest BCUT2D eigenvalue weighted by atomic mass is 19.1. The molecule has 0 aliphatic heterocycles. The van der Waals surface area contributed by atoms with E-state index in [1.54, 1.807) is 13.8 Å². The van der Waals surface area contributed by atoms with Gasteiger partial charge >= 0.3 is 0 Å². The Morgan fingerprint density at radius 3 is 2.55 bits per heavy atom. The maximum absolute atomic E-state index is 12.7. The molecule has 2 rings (SSSR count). The third-order valence-corrected chi connectivity index (χ3v) is 2.81. The summed E-state index contributed by atoms with van der Waals surface area (Å²) in [4.78, 5) is 30.3. The first-order valence-electron chi connectivity index (χ1n) is 6.07. The van der Waals surface area contributed by atoms with Crippen LogP contribution >= 0.6 is 0 Å². The van der Waals surface area contributed by atoms with Crippen molar-refractivity contribution in [3.05, 3.63) is 57.5 Å². The van der Waals surface area contributed by atoms with Crippen LogP contribution in [0, 0.1) is 19.7 Å². The summed E-state index contributed by atoms with van der Waals surface area (Å²) in [5.41, 5.74) is 1.02. The second kappa shape index (κ2) is 5.64. The van der Waals surface area contributed by atoms with Gasteiger partial charge < -0.3 is 10.3 Å². The van der Waals surface area contributed by atoms with E-state index in [0.717, 1.165) is 0 Å². The molecule has 0 saturated heterocycles. The number of rotatable bonds is 3. The summed E-state index contributed by atoms with van der Waals surface area (Å²) < 4.78 is 12.7. The number of nitrogens with one attached hydrogen (secondary N) is 2. The minimum atomic E-state index is -0.377. The van der Waals surface area contributed by atoms with Gasteiger partial charge in [-0.05, 0) is 38.1 Å². The van der Waals surface area contributed by atoms with Crippen molar-refractivity contribution in [3.8, 4) is 0 Å². The summed E-state index contributed by atoms with van der Waals surface area (Å²) in [6, 6.07) is 5.41. The molecule has 0 aliphatic rings. The van der Waals surface area contributed by atoms with Gasteiger partial charge in [-0.1, -0.05) is 0 Å². The number of aromatic amines is 1. The smallest absolute Gasteiger partial charge is 0.254 e. The maximum atomic E-state index is 12.7. The van der Waals surface area contributed by atoms with Crippen molar-refractivity contribution in [2.24, 2.45) is 0 Å². The standard InChI is InChI=1S/C14H14FN3O2/c1-8-12(14(20)17-9(2)16-8)7-13(19)18-11-5-3-10(15)4-6-11/h3-6H,7H2,1-2H3,(H,18,19)(H,16,17,20). The lowest BCUT2D eigenvalue weighted by molar-refractivity contribution is -0.115. The predicted molar refractivity (Wildman–Crippen MR) is 73.1 cm³/mol. The van der Waals surface area contributed by atoms with Crippen molar-refractivity contribution < 1.29 is 9.18 Å². The minimum Gasteiger partial charge on any atom is -0.326 e. The molecule has 0 spiro atoms. The Morgan fingerprint density at radius 2 is 1.95 bits per heavy atom. The predicted octanol–water partition coefficient (Wildman–Crippen LogP) is 1.71. The summed E-state index contributed by atoms with van der Waals surface area (Å²) in [7, 11) is 0. The Balaban J connectivity index is 2.12. The number of hydrogen-bond acceptors (Lipinski definition) is 3. The normalized spacial score (nSPS) is 10.3. The van der Waals surface area contributed by atoms with Gasteiger partial charge in [0.15, 0.2) is 0 Å². The van der Waals surface area contributed by atoms with Crippen LogP contribution in [0.3, 0.4) is 0 Å². The van der Waals surface area contributed by atoms with Crippen LogP contribution < -0.4 is 10.9 Å². The Kier molecular flexibility index (Phi) is 3.93. The van der Waals surface area contributed by atoms with E-state index >= 15 is 0 Å². The molecule has 1 heterocycles. The molecule has 0 radical (unpaired) electrons. The number of amides is 1. The van der Waals surface area contributed by atoms with Gasteiger partial charge in [-0.25, -0.2) is 9.37 Å². The number of halogens is 1. The number of carbonyl (C=O) groups excluding carboxylic acids is 1. The number of nitrogens with zero attached hydrogens (tertiary/aromatic N) is 1. The molecule has 0 fully saturated rings. The van der Waals surface area contributed by atoms with Crippen molar-refractivity contribution in [1.82, 2.24) is 9.97 Å². The van der Waals surface area contributed by atoms with Crippen molar-refractivity contribution in [3.63, 3.8) is 0 Å². The van der Waals surface area contributed by atoms with Gasteiger partial charge in [-0.15, -0.1) is 0 Å². The van der Waals surface area contributed by atoms with E-state index in [-0.39, 0.29) is 23.7 Å². The highest BCUT2D eigenvalue weighted by molar-refractivity contribution is 5.92.